The van der Waals surface area contributed by atoms with Crippen molar-refractivity contribution in [2.45, 2.75) is 39.5 Å². The summed E-state index contributed by atoms with van der Waals surface area (Å²) in [7, 11) is 0. The Labute approximate surface area is 123 Å². The lowest BCUT2D eigenvalue weighted by atomic mass is 10.2. The highest BCUT2D eigenvalue weighted by Gasteiger charge is 2.18. The molecule has 0 aliphatic heterocycles. The molecule has 1 amide bonds. The van der Waals surface area contributed by atoms with Gasteiger partial charge in [-0.25, -0.2) is 4.79 Å². The highest BCUT2D eigenvalue weighted by molar-refractivity contribution is 7.16. The average Bonchev–Trinajstić information content (AvgIpc) is 2.80. The first kappa shape index (κ1) is 16.4. The van der Waals surface area contributed by atoms with Gasteiger partial charge in [-0.15, -0.1) is 17.9 Å². The molecular weight excluding hydrogens is 274 g/mol. The number of carbonyl (C=O) groups is 2. The van der Waals surface area contributed by atoms with Crippen LogP contribution >= 0.6 is 11.3 Å². The van der Waals surface area contributed by atoms with Crippen LogP contribution in [0.5, 0.6) is 0 Å². The van der Waals surface area contributed by atoms with Gasteiger partial charge in [-0.3, -0.25) is 4.79 Å². The van der Waals surface area contributed by atoms with Crippen molar-refractivity contribution in [2.75, 3.05) is 11.9 Å². The minimum absolute atomic E-state index is 0.111. The quantitative estimate of drug-likeness (QED) is 0.586. The molecule has 1 aromatic heterocycles. The minimum Gasteiger partial charge on any atom is -0.462 e. The topological polar surface area (TPSA) is 55.4 Å². The number of amides is 1. The Hall–Kier alpha value is -1.62. The van der Waals surface area contributed by atoms with Crippen molar-refractivity contribution in [3.8, 4) is 0 Å². The van der Waals surface area contributed by atoms with E-state index in [0.717, 1.165) is 17.7 Å². The van der Waals surface area contributed by atoms with Gasteiger partial charge in [0.25, 0.3) is 0 Å². The van der Waals surface area contributed by atoms with Gasteiger partial charge in [0.1, 0.15) is 5.00 Å². The molecule has 0 atom stereocenters. The van der Waals surface area contributed by atoms with Gasteiger partial charge < -0.3 is 10.1 Å². The Morgan fingerprint density at radius 1 is 1.45 bits per heavy atom. The lowest BCUT2D eigenvalue weighted by Crippen LogP contribution is -2.13. The van der Waals surface area contributed by atoms with E-state index < -0.39 is 0 Å². The second-order valence-electron chi connectivity index (χ2n) is 4.30. The molecule has 0 saturated carbocycles. The van der Waals surface area contributed by atoms with Crippen molar-refractivity contribution in [3.05, 3.63) is 29.2 Å². The third kappa shape index (κ3) is 4.81. The number of anilines is 1. The largest absolute Gasteiger partial charge is 0.462 e. The van der Waals surface area contributed by atoms with Gasteiger partial charge in [0, 0.05) is 11.3 Å². The lowest BCUT2D eigenvalue weighted by Gasteiger charge is -2.05. The molecule has 0 aromatic carbocycles. The molecule has 0 radical (unpaired) electrons. The highest BCUT2D eigenvalue weighted by Crippen LogP contribution is 2.30. The number of allylic oxidation sites excluding steroid dienone is 1. The standard InChI is InChI=1S/C15H21NO3S/c1-4-7-9-13(17)16-14-12(15(18)19-6-3)10-11(20-14)8-5-2/h4,10H,1,5-9H2,2-3H3,(H,16,17). The van der Waals surface area contributed by atoms with E-state index in [9.17, 15) is 9.59 Å². The lowest BCUT2D eigenvalue weighted by molar-refractivity contribution is -0.116. The third-order valence-corrected chi connectivity index (χ3v) is 3.71. The number of hydrogen-bond acceptors (Lipinski definition) is 4. The second kappa shape index (κ2) is 8.53. The summed E-state index contributed by atoms with van der Waals surface area (Å²) in [6, 6.07) is 1.81. The molecule has 110 valence electrons. The van der Waals surface area contributed by atoms with Crippen molar-refractivity contribution in [3.63, 3.8) is 0 Å². The first-order valence-electron chi connectivity index (χ1n) is 6.82. The first-order valence-corrected chi connectivity index (χ1v) is 7.64. The van der Waals surface area contributed by atoms with Crippen LogP contribution < -0.4 is 5.32 Å². The number of nitrogens with one attached hydrogen (secondary N) is 1. The summed E-state index contributed by atoms with van der Waals surface area (Å²) in [4.78, 5) is 24.7. The molecule has 0 saturated heterocycles. The Bertz CT molecular complexity index is 479. The van der Waals surface area contributed by atoms with Crippen LogP contribution in [-0.2, 0) is 16.0 Å². The molecule has 4 nitrogen and oxygen atoms in total. The van der Waals surface area contributed by atoms with Gasteiger partial charge in [-0.2, -0.15) is 0 Å². The van der Waals surface area contributed by atoms with E-state index >= 15 is 0 Å². The van der Waals surface area contributed by atoms with Crippen LogP contribution in [0, 0.1) is 0 Å². The fourth-order valence-corrected chi connectivity index (χ4v) is 2.85. The average molecular weight is 295 g/mol. The molecule has 5 heteroatoms. The van der Waals surface area contributed by atoms with Gasteiger partial charge >= 0.3 is 5.97 Å². The van der Waals surface area contributed by atoms with E-state index in [2.05, 4.69) is 18.8 Å². The molecule has 1 N–H and O–H groups in total. The molecule has 20 heavy (non-hydrogen) atoms. The van der Waals surface area contributed by atoms with E-state index in [-0.39, 0.29) is 11.9 Å². The fourth-order valence-electron chi connectivity index (χ4n) is 1.69. The van der Waals surface area contributed by atoms with E-state index in [1.807, 2.05) is 6.07 Å². The maximum atomic E-state index is 11.9. The summed E-state index contributed by atoms with van der Waals surface area (Å²) in [5.74, 6) is -0.495. The first-order chi connectivity index (χ1) is 9.62. The van der Waals surface area contributed by atoms with Crippen LogP contribution in [0.25, 0.3) is 0 Å². The zero-order chi connectivity index (χ0) is 15.0. The molecule has 0 bridgehead atoms. The number of thiophene rings is 1. The number of rotatable bonds is 8. The van der Waals surface area contributed by atoms with Crippen molar-refractivity contribution in [1.29, 1.82) is 0 Å². The number of carbonyl (C=O) groups excluding carboxylic acids is 2. The van der Waals surface area contributed by atoms with Gasteiger partial charge in [-0.1, -0.05) is 19.4 Å². The van der Waals surface area contributed by atoms with E-state index in [1.54, 1.807) is 13.0 Å². The maximum absolute atomic E-state index is 11.9. The van der Waals surface area contributed by atoms with Crippen molar-refractivity contribution in [1.82, 2.24) is 0 Å². The molecule has 0 unspecified atom stereocenters. The Morgan fingerprint density at radius 2 is 2.20 bits per heavy atom. The normalized spacial score (nSPS) is 10.1. The van der Waals surface area contributed by atoms with Crippen molar-refractivity contribution in [2.24, 2.45) is 0 Å². The Balaban J connectivity index is 2.87. The Morgan fingerprint density at radius 3 is 2.80 bits per heavy atom. The molecule has 0 spiro atoms. The maximum Gasteiger partial charge on any atom is 0.341 e. The SMILES string of the molecule is C=CCCC(=O)Nc1sc(CCC)cc1C(=O)OCC. The highest BCUT2D eigenvalue weighted by atomic mass is 32.1. The van der Waals surface area contributed by atoms with E-state index in [0.29, 0.717) is 30.0 Å². The summed E-state index contributed by atoms with van der Waals surface area (Å²) < 4.78 is 5.02. The molecule has 0 aliphatic rings. The number of esters is 1. The van der Waals surface area contributed by atoms with Gasteiger partial charge in [0.05, 0.1) is 12.2 Å². The zero-order valence-electron chi connectivity index (χ0n) is 12.0. The number of hydrogen-bond donors (Lipinski definition) is 1. The number of ether oxygens (including phenoxy) is 1. The molecule has 1 aromatic rings. The van der Waals surface area contributed by atoms with E-state index in [1.165, 1.54) is 11.3 Å². The summed E-state index contributed by atoms with van der Waals surface area (Å²) in [6.45, 7) is 7.75. The van der Waals surface area contributed by atoms with E-state index in [4.69, 9.17) is 4.74 Å². The summed E-state index contributed by atoms with van der Waals surface area (Å²) in [5, 5.41) is 3.38. The Kier molecular flexibility index (Phi) is 7.01. The van der Waals surface area contributed by atoms with Crippen molar-refractivity contribution < 1.29 is 14.3 Å². The molecule has 1 rings (SSSR count). The van der Waals surface area contributed by atoms with Crippen LogP contribution in [0.2, 0.25) is 0 Å². The predicted molar refractivity (Wildman–Crippen MR) is 82.3 cm³/mol. The minimum atomic E-state index is -0.384. The van der Waals surface area contributed by atoms with Crippen LogP contribution in [0.3, 0.4) is 0 Å². The zero-order valence-corrected chi connectivity index (χ0v) is 12.8. The molecule has 1 heterocycles. The summed E-state index contributed by atoms with van der Waals surface area (Å²) in [5.41, 5.74) is 0.451. The fraction of sp³-hybridized carbons (Fsp3) is 0.467. The molecule has 0 fully saturated rings. The smallest absolute Gasteiger partial charge is 0.341 e. The molecular formula is C15H21NO3S. The van der Waals surface area contributed by atoms with Gasteiger partial charge in [-0.05, 0) is 25.8 Å². The van der Waals surface area contributed by atoms with Crippen molar-refractivity contribution >= 4 is 28.2 Å². The second-order valence-corrected chi connectivity index (χ2v) is 5.44. The number of aryl methyl sites for hydroxylation is 1. The predicted octanol–water partition coefficient (Wildman–Crippen LogP) is 3.78. The van der Waals surface area contributed by atoms with Crippen LogP contribution in [0.4, 0.5) is 5.00 Å². The monoisotopic (exact) mass is 295 g/mol. The van der Waals surface area contributed by atoms with Crippen LogP contribution in [-0.4, -0.2) is 18.5 Å². The molecule has 0 aliphatic carbocycles. The van der Waals surface area contributed by atoms with Crippen LogP contribution in [0.15, 0.2) is 18.7 Å². The summed E-state index contributed by atoms with van der Waals surface area (Å²) >= 11 is 1.44. The third-order valence-electron chi connectivity index (χ3n) is 2.60. The van der Waals surface area contributed by atoms with Gasteiger partial charge in [0.15, 0.2) is 0 Å². The van der Waals surface area contributed by atoms with Crippen LogP contribution in [0.1, 0.15) is 48.3 Å². The van der Waals surface area contributed by atoms with Gasteiger partial charge in [0.2, 0.25) is 5.91 Å². The summed E-state index contributed by atoms with van der Waals surface area (Å²) in [6.07, 6.45) is 4.57.